The first-order valence-corrected chi connectivity index (χ1v) is 10.7. The SMILES string of the molecule is COCCC(=O)N(Cc1c(F)cccc1F)c1ncc(C(=O)NCCCn2ccnc2)s1. The van der Waals surface area contributed by atoms with Crippen molar-refractivity contribution in [2.24, 2.45) is 0 Å². The zero-order valence-electron chi connectivity index (χ0n) is 17.5. The van der Waals surface area contributed by atoms with Gasteiger partial charge in [-0.25, -0.2) is 18.7 Å². The molecule has 2 heterocycles. The Morgan fingerprint density at radius 1 is 1.28 bits per heavy atom. The number of methoxy groups -OCH3 is 1. The lowest BCUT2D eigenvalue weighted by atomic mass is 10.2. The van der Waals surface area contributed by atoms with Gasteiger partial charge < -0.3 is 14.6 Å². The highest BCUT2D eigenvalue weighted by atomic mass is 32.1. The molecule has 0 saturated carbocycles. The summed E-state index contributed by atoms with van der Waals surface area (Å²) in [4.78, 5) is 34.7. The molecule has 2 aromatic heterocycles. The molecular weight excluding hydrogens is 440 g/mol. The summed E-state index contributed by atoms with van der Waals surface area (Å²) in [6.07, 6.45) is 7.28. The summed E-state index contributed by atoms with van der Waals surface area (Å²) in [5, 5.41) is 2.98. The molecule has 2 amide bonds. The van der Waals surface area contributed by atoms with Crippen LogP contribution in [-0.4, -0.2) is 46.6 Å². The van der Waals surface area contributed by atoms with Gasteiger partial charge >= 0.3 is 0 Å². The van der Waals surface area contributed by atoms with E-state index in [9.17, 15) is 18.4 Å². The second-order valence-electron chi connectivity index (χ2n) is 6.84. The summed E-state index contributed by atoms with van der Waals surface area (Å²) in [5.74, 6) is -2.28. The molecule has 32 heavy (non-hydrogen) atoms. The first-order valence-electron chi connectivity index (χ1n) is 9.91. The molecule has 0 atom stereocenters. The minimum absolute atomic E-state index is 0.00192. The zero-order valence-corrected chi connectivity index (χ0v) is 18.3. The highest BCUT2D eigenvalue weighted by Gasteiger charge is 2.23. The van der Waals surface area contributed by atoms with Crippen LogP contribution in [0.15, 0.2) is 43.1 Å². The number of nitrogens with one attached hydrogen (secondary N) is 1. The van der Waals surface area contributed by atoms with Crippen LogP contribution in [0.5, 0.6) is 0 Å². The average Bonchev–Trinajstić information content (AvgIpc) is 3.47. The molecular formula is C21H23F2N5O3S. The van der Waals surface area contributed by atoms with Gasteiger partial charge in [0.15, 0.2) is 5.13 Å². The summed E-state index contributed by atoms with van der Waals surface area (Å²) < 4.78 is 35.2. The number of aryl methyl sites for hydroxylation is 1. The van der Waals surface area contributed by atoms with Crippen LogP contribution in [0, 0.1) is 11.6 Å². The number of hydrogen-bond acceptors (Lipinski definition) is 6. The fourth-order valence-electron chi connectivity index (χ4n) is 2.89. The van der Waals surface area contributed by atoms with E-state index in [1.807, 2.05) is 10.8 Å². The molecule has 170 valence electrons. The molecule has 0 aliphatic rings. The van der Waals surface area contributed by atoms with Crippen molar-refractivity contribution in [3.8, 4) is 0 Å². The Morgan fingerprint density at radius 3 is 2.75 bits per heavy atom. The number of rotatable bonds is 11. The van der Waals surface area contributed by atoms with Gasteiger partial charge in [-0.3, -0.25) is 14.5 Å². The standard InChI is InChI=1S/C21H23F2N5O3S/c1-31-11-6-19(29)28(13-15-16(22)4-2-5-17(15)23)21-26-12-18(32-21)20(30)25-7-3-9-27-10-8-24-14-27/h2,4-5,8,10,12,14H,3,6-7,9,11,13H2,1H3,(H,25,30). The number of thiazole rings is 1. The lowest BCUT2D eigenvalue weighted by Crippen LogP contribution is -2.31. The van der Waals surface area contributed by atoms with Crippen molar-refractivity contribution in [1.82, 2.24) is 19.9 Å². The van der Waals surface area contributed by atoms with Crippen LogP contribution < -0.4 is 10.2 Å². The molecule has 0 radical (unpaired) electrons. The Balaban J connectivity index is 1.68. The molecule has 0 fully saturated rings. The first kappa shape index (κ1) is 23.5. The molecule has 0 unspecified atom stereocenters. The third-order valence-corrected chi connectivity index (χ3v) is 5.60. The zero-order chi connectivity index (χ0) is 22.9. The van der Waals surface area contributed by atoms with Crippen LogP contribution >= 0.6 is 11.3 Å². The highest BCUT2D eigenvalue weighted by molar-refractivity contribution is 7.17. The van der Waals surface area contributed by atoms with Gasteiger partial charge in [0, 0.05) is 38.2 Å². The molecule has 1 N–H and O–H groups in total. The summed E-state index contributed by atoms with van der Waals surface area (Å²) >= 11 is 0.979. The second-order valence-corrected chi connectivity index (χ2v) is 7.85. The van der Waals surface area contributed by atoms with Gasteiger partial charge in [-0.15, -0.1) is 0 Å². The second kappa shape index (κ2) is 11.4. The van der Waals surface area contributed by atoms with Crippen molar-refractivity contribution < 1.29 is 23.1 Å². The molecule has 11 heteroatoms. The fraction of sp³-hybridized carbons (Fsp3) is 0.333. The maximum atomic E-state index is 14.2. The predicted octanol–water partition coefficient (Wildman–Crippen LogP) is 3.01. The van der Waals surface area contributed by atoms with E-state index in [1.54, 1.807) is 12.5 Å². The molecule has 3 aromatic rings. The van der Waals surface area contributed by atoms with E-state index in [0.29, 0.717) is 24.4 Å². The van der Waals surface area contributed by atoms with Gasteiger partial charge in [0.05, 0.1) is 32.1 Å². The van der Waals surface area contributed by atoms with E-state index in [0.717, 1.165) is 23.5 Å². The van der Waals surface area contributed by atoms with Crippen LogP contribution in [-0.2, 0) is 22.6 Å². The number of carbonyl (C=O) groups excluding carboxylic acids is 2. The highest BCUT2D eigenvalue weighted by Crippen LogP contribution is 2.26. The van der Waals surface area contributed by atoms with Gasteiger partial charge in [-0.2, -0.15) is 0 Å². The number of halogens is 2. The third-order valence-electron chi connectivity index (χ3n) is 4.59. The molecule has 1 aromatic carbocycles. The van der Waals surface area contributed by atoms with Crippen molar-refractivity contribution in [1.29, 1.82) is 0 Å². The lowest BCUT2D eigenvalue weighted by molar-refractivity contribution is -0.119. The molecule has 0 aliphatic heterocycles. The number of nitrogens with zero attached hydrogens (tertiary/aromatic N) is 4. The van der Waals surface area contributed by atoms with Gasteiger partial charge in [0.1, 0.15) is 16.5 Å². The van der Waals surface area contributed by atoms with Gasteiger partial charge in [-0.1, -0.05) is 17.4 Å². The third kappa shape index (κ3) is 6.17. The molecule has 0 spiro atoms. The molecule has 0 bridgehead atoms. The Morgan fingerprint density at radius 2 is 2.06 bits per heavy atom. The van der Waals surface area contributed by atoms with Crippen LogP contribution in [0.1, 0.15) is 28.1 Å². The summed E-state index contributed by atoms with van der Waals surface area (Å²) in [5.41, 5.74) is -0.251. The van der Waals surface area contributed by atoms with E-state index in [2.05, 4.69) is 15.3 Å². The monoisotopic (exact) mass is 463 g/mol. The van der Waals surface area contributed by atoms with Crippen molar-refractivity contribution in [2.75, 3.05) is 25.2 Å². The van der Waals surface area contributed by atoms with Crippen LogP contribution in [0.25, 0.3) is 0 Å². The van der Waals surface area contributed by atoms with Crippen LogP contribution in [0.2, 0.25) is 0 Å². The van der Waals surface area contributed by atoms with E-state index in [1.165, 1.54) is 24.3 Å². The predicted molar refractivity (Wildman–Crippen MR) is 115 cm³/mol. The average molecular weight is 464 g/mol. The smallest absolute Gasteiger partial charge is 0.263 e. The number of imidazole rings is 1. The van der Waals surface area contributed by atoms with Crippen molar-refractivity contribution in [2.45, 2.75) is 25.9 Å². The maximum absolute atomic E-state index is 14.2. The Labute approximate surface area is 187 Å². The fourth-order valence-corrected chi connectivity index (χ4v) is 3.74. The van der Waals surface area contributed by atoms with Crippen molar-refractivity contribution in [3.63, 3.8) is 0 Å². The molecule has 3 rings (SSSR count). The number of carbonyl (C=O) groups is 2. The quantitative estimate of drug-likeness (QED) is 0.442. The number of ether oxygens (including phenoxy) is 1. The maximum Gasteiger partial charge on any atom is 0.263 e. The minimum Gasteiger partial charge on any atom is -0.384 e. The summed E-state index contributed by atoms with van der Waals surface area (Å²) in [6, 6.07) is 3.51. The molecule has 0 saturated heterocycles. The van der Waals surface area contributed by atoms with E-state index >= 15 is 0 Å². The summed E-state index contributed by atoms with van der Waals surface area (Å²) in [7, 11) is 1.45. The Kier molecular flexibility index (Phi) is 8.40. The molecule has 8 nitrogen and oxygen atoms in total. The minimum atomic E-state index is -0.762. The number of aromatic nitrogens is 3. The molecule has 0 aliphatic carbocycles. The van der Waals surface area contributed by atoms with Gasteiger partial charge in [0.25, 0.3) is 5.91 Å². The van der Waals surface area contributed by atoms with Crippen molar-refractivity contribution >= 4 is 28.3 Å². The lowest BCUT2D eigenvalue weighted by Gasteiger charge is -2.20. The van der Waals surface area contributed by atoms with E-state index in [-0.39, 0.29) is 36.2 Å². The number of hydrogen-bond donors (Lipinski definition) is 1. The Hall–Kier alpha value is -3.18. The summed E-state index contributed by atoms with van der Waals surface area (Å²) in [6.45, 7) is 0.955. The van der Waals surface area contributed by atoms with Gasteiger partial charge in [0.2, 0.25) is 5.91 Å². The number of anilines is 1. The Bertz CT molecular complexity index is 1020. The largest absolute Gasteiger partial charge is 0.384 e. The topological polar surface area (TPSA) is 89.4 Å². The normalized spacial score (nSPS) is 10.8. The number of amides is 2. The first-order chi connectivity index (χ1) is 15.5. The van der Waals surface area contributed by atoms with E-state index < -0.39 is 17.5 Å². The van der Waals surface area contributed by atoms with Crippen molar-refractivity contribution in [3.05, 3.63) is 65.2 Å². The number of benzene rings is 1. The van der Waals surface area contributed by atoms with Crippen LogP contribution in [0.3, 0.4) is 0 Å². The van der Waals surface area contributed by atoms with E-state index in [4.69, 9.17) is 4.74 Å². The van der Waals surface area contributed by atoms with Gasteiger partial charge in [-0.05, 0) is 18.6 Å². The van der Waals surface area contributed by atoms with Crippen LogP contribution in [0.4, 0.5) is 13.9 Å².